The molecule has 2 N–H and O–H groups in total. The summed E-state index contributed by atoms with van der Waals surface area (Å²) < 4.78 is 0. The van der Waals surface area contributed by atoms with E-state index in [-0.39, 0.29) is 12.4 Å². The Morgan fingerprint density at radius 1 is 1.45 bits per heavy atom. The van der Waals surface area contributed by atoms with Crippen LogP contribution in [0.5, 0.6) is 0 Å². The lowest BCUT2D eigenvalue weighted by atomic mass is 10.1. The van der Waals surface area contributed by atoms with Crippen molar-refractivity contribution < 1.29 is 0 Å². The molecule has 0 spiro atoms. The van der Waals surface area contributed by atoms with E-state index in [2.05, 4.69) is 20.8 Å². The zero-order chi connectivity index (χ0) is 7.72. The predicted molar refractivity (Wildman–Crippen MR) is 54.8 cm³/mol. The first-order valence-corrected chi connectivity index (χ1v) is 4.28. The summed E-state index contributed by atoms with van der Waals surface area (Å²) in [4.78, 5) is 2.62. The van der Waals surface area contributed by atoms with Crippen molar-refractivity contribution in [1.82, 2.24) is 0 Å². The van der Waals surface area contributed by atoms with Crippen molar-refractivity contribution in [2.45, 2.75) is 26.7 Å². The molecule has 0 saturated heterocycles. The lowest BCUT2D eigenvalue weighted by Crippen LogP contribution is -1.89. The van der Waals surface area contributed by atoms with E-state index in [1.165, 1.54) is 9.75 Å². The van der Waals surface area contributed by atoms with Gasteiger partial charge in [0.25, 0.3) is 0 Å². The molecule has 1 nitrogen and oxygen atoms in total. The maximum Gasteiger partial charge on any atom is 0.0460 e. The van der Waals surface area contributed by atoms with Crippen LogP contribution in [0.15, 0.2) is 6.07 Å². The smallest absolute Gasteiger partial charge is 0.0460 e. The van der Waals surface area contributed by atoms with Crippen molar-refractivity contribution in [2.75, 3.05) is 5.73 Å². The number of aryl methyl sites for hydroxylation is 1. The molecule has 1 aromatic rings. The summed E-state index contributed by atoms with van der Waals surface area (Å²) in [7, 11) is 0. The number of rotatable bonds is 1. The Kier molecular flexibility index (Phi) is 3.90. The van der Waals surface area contributed by atoms with Crippen LogP contribution in [0.3, 0.4) is 0 Å². The fourth-order valence-corrected chi connectivity index (χ4v) is 1.95. The summed E-state index contributed by atoms with van der Waals surface area (Å²) in [6.07, 6.45) is 0. The van der Waals surface area contributed by atoms with Crippen molar-refractivity contribution in [3.05, 3.63) is 15.8 Å². The van der Waals surface area contributed by atoms with Crippen LogP contribution in [-0.4, -0.2) is 0 Å². The first-order valence-electron chi connectivity index (χ1n) is 3.47. The van der Waals surface area contributed by atoms with E-state index in [0.717, 1.165) is 5.69 Å². The summed E-state index contributed by atoms with van der Waals surface area (Å²) in [5.41, 5.74) is 6.71. The first-order chi connectivity index (χ1) is 4.61. The molecule has 1 rings (SSSR count). The maximum absolute atomic E-state index is 5.75. The van der Waals surface area contributed by atoms with Gasteiger partial charge in [0, 0.05) is 15.4 Å². The summed E-state index contributed by atoms with van der Waals surface area (Å²) in [6, 6.07) is 2.04. The van der Waals surface area contributed by atoms with Gasteiger partial charge in [-0.05, 0) is 18.9 Å². The van der Waals surface area contributed by atoms with E-state index in [9.17, 15) is 0 Å². The van der Waals surface area contributed by atoms with Crippen LogP contribution < -0.4 is 5.73 Å². The number of nitrogen functional groups attached to an aromatic ring is 1. The molecule has 0 radical (unpaired) electrons. The van der Waals surface area contributed by atoms with E-state index < -0.39 is 0 Å². The molecule has 11 heavy (non-hydrogen) atoms. The minimum Gasteiger partial charge on any atom is -0.398 e. The zero-order valence-corrected chi connectivity index (χ0v) is 8.68. The second kappa shape index (κ2) is 3.98. The van der Waals surface area contributed by atoms with Crippen LogP contribution in [0.25, 0.3) is 0 Å². The van der Waals surface area contributed by atoms with E-state index >= 15 is 0 Å². The molecule has 1 heterocycles. The number of halogens is 1. The Balaban J connectivity index is 0.000001000. The highest BCUT2D eigenvalue weighted by molar-refractivity contribution is 7.12. The summed E-state index contributed by atoms with van der Waals surface area (Å²) in [6.45, 7) is 6.43. The molecule has 1 aromatic heterocycles. The molecule has 0 aliphatic rings. The zero-order valence-electron chi connectivity index (χ0n) is 7.05. The topological polar surface area (TPSA) is 26.0 Å². The third-order valence-corrected chi connectivity index (χ3v) is 2.81. The van der Waals surface area contributed by atoms with Gasteiger partial charge in [0.05, 0.1) is 0 Å². The lowest BCUT2D eigenvalue weighted by molar-refractivity contribution is 0.892. The molecule has 0 unspecified atom stereocenters. The van der Waals surface area contributed by atoms with E-state index in [1.807, 2.05) is 6.07 Å². The Morgan fingerprint density at radius 2 is 2.00 bits per heavy atom. The molecule has 64 valence electrons. The van der Waals surface area contributed by atoms with Gasteiger partial charge in [-0.3, -0.25) is 0 Å². The summed E-state index contributed by atoms with van der Waals surface area (Å²) in [5.74, 6) is 0.568. The second-order valence-corrected chi connectivity index (χ2v) is 4.12. The molecule has 0 aromatic carbocycles. The maximum atomic E-state index is 5.75. The monoisotopic (exact) mass is 191 g/mol. The fraction of sp³-hybridized carbons (Fsp3) is 0.500. The number of nitrogens with two attached hydrogens (primary N) is 1. The van der Waals surface area contributed by atoms with Crippen LogP contribution in [0.4, 0.5) is 5.69 Å². The molecule has 3 heteroatoms. The Hall–Kier alpha value is -0.210. The second-order valence-electron chi connectivity index (χ2n) is 2.83. The molecule has 0 bridgehead atoms. The van der Waals surface area contributed by atoms with Crippen LogP contribution in [0.2, 0.25) is 0 Å². The third kappa shape index (κ3) is 2.38. The van der Waals surface area contributed by atoms with Crippen molar-refractivity contribution in [3.63, 3.8) is 0 Å². The van der Waals surface area contributed by atoms with Gasteiger partial charge in [0.1, 0.15) is 0 Å². The number of thiophene rings is 1. The molecular formula is C8H14ClNS. The van der Waals surface area contributed by atoms with Crippen LogP contribution in [0, 0.1) is 6.92 Å². The molecule has 0 atom stereocenters. The normalized spacial score (nSPS) is 9.82. The fourth-order valence-electron chi connectivity index (χ4n) is 1.00. The lowest BCUT2D eigenvalue weighted by Gasteiger charge is -2.00. The van der Waals surface area contributed by atoms with Crippen LogP contribution >= 0.6 is 23.7 Å². The Morgan fingerprint density at radius 3 is 2.18 bits per heavy atom. The minimum absolute atomic E-state index is 0. The van der Waals surface area contributed by atoms with Crippen LogP contribution in [-0.2, 0) is 0 Å². The van der Waals surface area contributed by atoms with Gasteiger partial charge in [-0.25, -0.2) is 0 Å². The summed E-state index contributed by atoms with van der Waals surface area (Å²) >= 11 is 1.80. The van der Waals surface area contributed by atoms with E-state index in [4.69, 9.17) is 5.73 Å². The number of anilines is 1. The van der Waals surface area contributed by atoms with E-state index in [1.54, 1.807) is 11.3 Å². The summed E-state index contributed by atoms with van der Waals surface area (Å²) in [5, 5.41) is 0. The quantitative estimate of drug-likeness (QED) is 0.725. The molecule has 0 aliphatic heterocycles. The predicted octanol–water partition coefficient (Wildman–Crippen LogP) is 3.18. The van der Waals surface area contributed by atoms with E-state index in [0.29, 0.717) is 5.92 Å². The Bertz CT molecular complexity index is 230. The van der Waals surface area contributed by atoms with Gasteiger partial charge in [0.15, 0.2) is 0 Å². The molecule has 0 aliphatic carbocycles. The van der Waals surface area contributed by atoms with Crippen LogP contribution in [0.1, 0.15) is 29.5 Å². The van der Waals surface area contributed by atoms with Gasteiger partial charge in [-0.1, -0.05) is 13.8 Å². The van der Waals surface area contributed by atoms with Gasteiger partial charge in [0.2, 0.25) is 0 Å². The largest absolute Gasteiger partial charge is 0.398 e. The average molecular weight is 192 g/mol. The standard InChI is InChI=1S/C8H13NS.ClH/c1-5(2)8-7(9)4-6(3)10-8;/h4-5H,9H2,1-3H3;1H. The molecular weight excluding hydrogens is 178 g/mol. The highest BCUT2D eigenvalue weighted by Gasteiger charge is 2.06. The number of hydrogen-bond donors (Lipinski definition) is 1. The number of hydrogen-bond acceptors (Lipinski definition) is 2. The van der Waals surface area contributed by atoms with Crippen molar-refractivity contribution >= 4 is 29.4 Å². The van der Waals surface area contributed by atoms with Crippen molar-refractivity contribution in [3.8, 4) is 0 Å². The molecule has 0 fully saturated rings. The Labute approximate surface area is 78.0 Å². The average Bonchev–Trinajstić information content (AvgIpc) is 2.10. The first kappa shape index (κ1) is 10.8. The third-order valence-electron chi connectivity index (χ3n) is 1.44. The van der Waals surface area contributed by atoms with Crippen molar-refractivity contribution in [2.24, 2.45) is 0 Å². The highest BCUT2D eigenvalue weighted by atomic mass is 35.5. The van der Waals surface area contributed by atoms with Gasteiger partial charge in [-0.15, -0.1) is 23.7 Å². The highest BCUT2D eigenvalue weighted by Crippen LogP contribution is 2.30. The molecule has 0 amide bonds. The SMILES string of the molecule is Cc1cc(N)c(C(C)C)s1.Cl. The van der Waals surface area contributed by atoms with Gasteiger partial charge in [-0.2, -0.15) is 0 Å². The minimum atomic E-state index is 0. The van der Waals surface area contributed by atoms with Crippen molar-refractivity contribution in [1.29, 1.82) is 0 Å². The molecule has 0 saturated carbocycles. The van der Waals surface area contributed by atoms with Gasteiger partial charge < -0.3 is 5.73 Å². The van der Waals surface area contributed by atoms with Gasteiger partial charge >= 0.3 is 0 Å².